The van der Waals surface area contributed by atoms with Gasteiger partial charge >= 0.3 is 0 Å². The number of rotatable bonds is 1. The average molecular weight is 196 g/mol. The van der Waals surface area contributed by atoms with Gasteiger partial charge in [0.15, 0.2) is 0 Å². The predicted molar refractivity (Wildman–Crippen MR) is 56.6 cm³/mol. The molecule has 2 aromatic rings. The quantitative estimate of drug-likeness (QED) is 0.751. The smallest absolute Gasteiger partial charge is 0.124 e. The fourth-order valence-corrected chi connectivity index (χ4v) is 1.25. The Kier molecular flexibility index (Phi) is 2.30. The second kappa shape index (κ2) is 3.76. The first-order valence-corrected chi connectivity index (χ1v) is 4.37. The molecule has 0 saturated carbocycles. The second-order valence-corrected chi connectivity index (χ2v) is 3.02. The molecule has 0 atom stereocenters. The first-order valence-electron chi connectivity index (χ1n) is 4.37. The Balaban J connectivity index is 2.50. The molecular formula is C11H8N4. The van der Waals surface area contributed by atoms with Gasteiger partial charge in [-0.3, -0.25) is 4.98 Å². The summed E-state index contributed by atoms with van der Waals surface area (Å²) in [7, 11) is 0. The van der Waals surface area contributed by atoms with E-state index in [9.17, 15) is 0 Å². The minimum Gasteiger partial charge on any atom is -0.384 e. The van der Waals surface area contributed by atoms with Gasteiger partial charge in [-0.1, -0.05) is 6.07 Å². The molecule has 15 heavy (non-hydrogen) atoms. The van der Waals surface area contributed by atoms with E-state index < -0.39 is 0 Å². The molecule has 0 spiro atoms. The highest BCUT2D eigenvalue weighted by Gasteiger charge is 2.01. The van der Waals surface area contributed by atoms with E-state index in [4.69, 9.17) is 11.0 Å². The first-order chi connectivity index (χ1) is 7.29. The topological polar surface area (TPSA) is 75.6 Å². The van der Waals surface area contributed by atoms with Gasteiger partial charge in [0.05, 0.1) is 11.3 Å². The Bertz CT molecular complexity index is 528. The predicted octanol–water partition coefficient (Wildman–Crippen LogP) is 1.60. The molecule has 4 nitrogen and oxygen atoms in total. The van der Waals surface area contributed by atoms with Crippen molar-refractivity contribution in [2.24, 2.45) is 0 Å². The Morgan fingerprint density at radius 1 is 1.27 bits per heavy atom. The van der Waals surface area contributed by atoms with Crippen molar-refractivity contribution in [1.82, 2.24) is 9.97 Å². The maximum absolute atomic E-state index is 8.73. The summed E-state index contributed by atoms with van der Waals surface area (Å²) in [5.74, 6) is 0.454. The van der Waals surface area contributed by atoms with Crippen LogP contribution in [0.3, 0.4) is 0 Å². The summed E-state index contributed by atoms with van der Waals surface area (Å²) in [5, 5.41) is 8.73. The second-order valence-electron chi connectivity index (χ2n) is 3.02. The van der Waals surface area contributed by atoms with Crippen LogP contribution in [-0.4, -0.2) is 9.97 Å². The lowest BCUT2D eigenvalue weighted by Gasteiger charge is -2.00. The van der Waals surface area contributed by atoms with Crippen molar-refractivity contribution >= 4 is 5.82 Å². The Morgan fingerprint density at radius 3 is 2.87 bits per heavy atom. The zero-order valence-corrected chi connectivity index (χ0v) is 7.88. The molecule has 72 valence electrons. The van der Waals surface area contributed by atoms with Crippen molar-refractivity contribution in [2.45, 2.75) is 0 Å². The van der Waals surface area contributed by atoms with E-state index in [1.54, 1.807) is 18.3 Å². The van der Waals surface area contributed by atoms with E-state index in [-0.39, 0.29) is 0 Å². The summed E-state index contributed by atoms with van der Waals surface area (Å²) in [6, 6.07) is 9.12. The number of nitrogens with zero attached hydrogens (tertiary/aromatic N) is 3. The van der Waals surface area contributed by atoms with Gasteiger partial charge in [0.2, 0.25) is 0 Å². The summed E-state index contributed by atoms with van der Waals surface area (Å²) in [6.45, 7) is 0. The average Bonchev–Trinajstić information content (AvgIpc) is 2.29. The third-order valence-electron chi connectivity index (χ3n) is 1.93. The third-order valence-corrected chi connectivity index (χ3v) is 1.93. The van der Waals surface area contributed by atoms with E-state index in [0.717, 1.165) is 11.3 Å². The molecule has 0 fully saturated rings. The number of aromatic nitrogens is 2. The van der Waals surface area contributed by atoms with Crippen LogP contribution in [0.4, 0.5) is 5.82 Å². The standard InChI is InChI=1S/C11H8N4/c12-5-8-4-9(7-14-6-8)10-2-1-3-11(13)15-10/h1-4,6-7H,(H2,13,15). The molecule has 0 bridgehead atoms. The highest BCUT2D eigenvalue weighted by atomic mass is 14.8. The van der Waals surface area contributed by atoms with Crippen molar-refractivity contribution < 1.29 is 0 Å². The first kappa shape index (κ1) is 9.16. The van der Waals surface area contributed by atoms with Crippen LogP contribution in [0.2, 0.25) is 0 Å². The lowest BCUT2D eigenvalue weighted by molar-refractivity contribution is 1.27. The number of hydrogen-bond donors (Lipinski definition) is 1. The third kappa shape index (κ3) is 1.92. The maximum atomic E-state index is 8.73. The molecule has 4 heteroatoms. The van der Waals surface area contributed by atoms with Crippen LogP contribution in [0.15, 0.2) is 36.7 Å². The summed E-state index contributed by atoms with van der Waals surface area (Å²) < 4.78 is 0. The van der Waals surface area contributed by atoms with Crippen molar-refractivity contribution in [3.63, 3.8) is 0 Å². The van der Waals surface area contributed by atoms with E-state index >= 15 is 0 Å². The lowest BCUT2D eigenvalue weighted by Crippen LogP contribution is -1.92. The SMILES string of the molecule is N#Cc1cncc(-c2cccc(N)n2)c1. The van der Waals surface area contributed by atoms with Crippen LogP contribution in [0.5, 0.6) is 0 Å². The Hall–Kier alpha value is -2.41. The summed E-state index contributed by atoms with van der Waals surface area (Å²) >= 11 is 0. The van der Waals surface area contributed by atoms with Crippen LogP contribution in [-0.2, 0) is 0 Å². The minimum absolute atomic E-state index is 0.454. The van der Waals surface area contributed by atoms with Crippen molar-refractivity contribution in [3.05, 3.63) is 42.2 Å². The Labute approximate surface area is 87.0 Å². The molecule has 2 N–H and O–H groups in total. The minimum atomic E-state index is 0.454. The summed E-state index contributed by atoms with van der Waals surface area (Å²) in [4.78, 5) is 8.11. The lowest BCUT2D eigenvalue weighted by atomic mass is 10.1. The normalized spacial score (nSPS) is 9.53. The zero-order valence-electron chi connectivity index (χ0n) is 7.88. The number of hydrogen-bond acceptors (Lipinski definition) is 4. The van der Waals surface area contributed by atoms with E-state index in [0.29, 0.717) is 11.4 Å². The monoisotopic (exact) mass is 196 g/mol. The molecule has 0 radical (unpaired) electrons. The molecule has 2 aromatic heterocycles. The van der Waals surface area contributed by atoms with Crippen molar-refractivity contribution in [2.75, 3.05) is 5.73 Å². The van der Waals surface area contributed by atoms with E-state index in [1.165, 1.54) is 6.20 Å². The molecule has 0 aromatic carbocycles. The van der Waals surface area contributed by atoms with Gasteiger partial charge in [-0.15, -0.1) is 0 Å². The van der Waals surface area contributed by atoms with Gasteiger partial charge in [0, 0.05) is 18.0 Å². The van der Waals surface area contributed by atoms with Gasteiger partial charge in [0.25, 0.3) is 0 Å². The molecule has 2 heterocycles. The molecule has 0 aliphatic heterocycles. The highest BCUT2D eigenvalue weighted by molar-refractivity contribution is 5.61. The van der Waals surface area contributed by atoms with Crippen molar-refractivity contribution in [3.8, 4) is 17.3 Å². The number of pyridine rings is 2. The molecule has 0 saturated heterocycles. The van der Waals surface area contributed by atoms with Crippen LogP contribution in [0.1, 0.15) is 5.56 Å². The summed E-state index contributed by atoms with van der Waals surface area (Å²) in [5.41, 5.74) is 7.60. The van der Waals surface area contributed by atoms with E-state index in [2.05, 4.69) is 9.97 Å². The van der Waals surface area contributed by atoms with Gasteiger partial charge in [0.1, 0.15) is 11.9 Å². The van der Waals surface area contributed by atoms with Crippen LogP contribution < -0.4 is 5.73 Å². The van der Waals surface area contributed by atoms with Gasteiger partial charge in [-0.2, -0.15) is 5.26 Å². The van der Waals surface area contributed by atoms with Gasteiger partial charge < -0.3 is 5.73 Å². The van der Waals surface area contributed by atoms with Crippen LogP contribution >= 0.6 is 0 Å². The number of anilines is 1. The van der Waals surface area contributed by atoms with Gasteiger partial charge in [-0.25, -0.2) is 4.98 Å². The molecule has 0 aliphatic carbocycles. The largest absolute Gasteiger partial charge is 0.384 e. The Morgan fingerprint density at radius 2 is 2.13 bits per heavy atom. The van der Waals surface area contributed by atoms with Gasteiger partial charge in [-0.05, 0) is 18.2 Å². The summed E-state index contributed by atoms with van der Waals surface area (Å²) in [6.07, 6.45) is 3.17. The number of nitrogens with two attached hydrogens (primary N) is 1. The highest BCUT2D eigenvalue weighted by Crippen LogP contribution is 2.17. The molecule has 2 rings (SSSR count). The molecular weight excluding hydrogens is 188 g/mol. The number of nitrogen functional groups attached to an aromatic ring is 1. The van der Waals surface area contributed by atoms with Crippen molar-refractivity contribution in [1.29, 1.82) is 5.26 Å². The maximum Gasteiger partial charge on any atom is 0.124 e. The number of nitriles is 1. The molecule has 0 aliphatic rings. The van der Waals surface area contributed by atoms with Crippen LogP contribution in [0, 0.1) is 11.3 Å². The van der Waals surface area contributed by atoms with E-state index in [1.807, 2.05) is 18.2 Å². The fourth-order valence-electron chi connectivity index (χ4n) is 1.25. The zero-order chi connectivity index (χ0) is 10.7. The fraction of sp³-hybridized carbons (Fsp3) is 0. The molecule has 0 unspecified atom stereocenters. The molecule has 0 amide bonds. The van der Waals surface area contributed by atoms with Crippen LogP contribution in [0.25, 0.3) is 11.3 Å².